The van der Waals surface area contributed by atoms with Gasteiger partial charge in [-0.15, -0.1) is 0 Å². The molecule has 25 heavy (non-hydrogen) atoms. The summed E-state index contributed by atoms with van der Waals surface area (Å²) in [5.41, 5.74) is -0.291. The standard InChI is InChI=1S/C20H39N3O2/c1-16(17-8-12-22(6)13-9-17)21-14-20(5)10-7-11-23(15-20)18(24)25-19(2,3)4/h16-17,21H,7-15H2,1-6H3. The van der Waals surface area contributed by atoms with Crippen molar-refractivity contribution < 1.29 is 9.53 Å². The molecule has 0 bridgehead atoms. The number of amides is 1. The smallest absolute Gasteiger partial charge is 0.410 e. The summed E-state index contributed by atoms with van der Waals surface area (Å²) in [7, 11) is 2.21. The van der Waals surface area contributed by atoms with Gasteiger partial charge in [0.05, 0.1) is 0 Å². The first kappa shape index (κ1) is 20.5. The fraction of sp³-hybridized carbons (Fsp3) is 0.950. The highest BCUT2D eigenvalue weighted by Crippen LogP contribution is 2.30. The summed E-state index contributed by atoms with van der Waals surface area (Å²) < 4.78 is 5.56. The zero-order valence-corrected chi connectivity index (χ0v) is 17.2. The molecule has 146 valence electrons. The molecule has 1 N–H and O–H groups in total. The number of carbonyl (C=O) groups excluding carboxylic acids is 1. The minimum atomic E-state index is -0.425. The van der Waals surface area contributed by atoms with Crippen LogP contribution < -0.4 is 5.32 Å². The van der Waals surface area contributed by atoms with Gasteiger partial charge < -0.3 is 19.9 Å². The van der Waals surface area contributed by atoms with Crippen LogP contribution in [0.1, 0.15) is 60.3 Å². The lowest BCUT2D eigenvalue weighted by Crippen LogP contribution is -2.52. The van der Waals surface area contributed by atoms with Crippen LogP contribution in [0.5, 0.6) is 0 Å². The van der Waals surface area contributed by atoms with E-state index < -0.39 is 5.60 Å². The Hall–Kier alpha value is -0.810. The quantitative estimate of drug-likeness (QED) is 0.842. The van der Waals surface area contributed by atoms with Crippen molar-refractivity contribution in [3.05, 3.63) is 0 Å². The van der Waals surface area contributed by atoms with E-state index in [1.165, 1.54) is 32.4 Å². The second-order valence-electron chi connectivity index (χ2n) is 9.63. The fourth-order valence-corrected chi connectivity index (χ4v) is 4.04. The van der Waals surface area contributed by atoms with E-state index in [0.717, 1.165) is 32.0 Å². The molecule has 2 rings (SSSR count). The average molecular weight is 354 g/mol. The summed E-state index contributed by atoms with van der Waals surface area (Å²) in [4.78, 5) is 16.7. The Bertz CT molecular complexity index is 441. The minimum Gasteiger partial charge on any atom is -0.444 e. The van der Waals surface area contributed by atoms with Gasteiger partial charge in [0.15, 0.2) is 0 Å². The van der Waals surface area contributed by atoms with Crippen LogP contribution in [0.25, 0.3) is 0 Å². The molecule has 0 aliphatic carbocycles. The molecule has 0 radical (unpaired) electrons. The summed E-state index contributed by atoms with van der Waals surface area (Å²) >= 11 is 0. The second-order valence-corrected chi connectivity index (χ2v) is 9.63. The molecule has 1 amide bonds. The van der Waals surface area contributed by atoms with Gasteiger partial charge in [0, 0.05) is 25.7 Å². The summed E-state index contributed by atoms with van der Waals surface area (Å²) in [5.74, 6) is 0.769. The van der Waals surface area contributed by atoms with Gasteiger partial charge in [0.25, 0.3) is 0 Å². The lowest BCUT2D eigenvalue weighted by atomic mass is 9.81. The molecule has 0 aromatic rings. The molecule has 2 atom stereocenters. The Labute approximate surface area is 154 Å². The Morgan fingerprint density at radius 2 is 1.92 bits per heavy atom. The van der Waals surface area contributed by atoms with Crippen molar-refractivity contribution in [1.82, 2.24) is 15.1 Å². The molecule has 2 fully saturated rings. The fourth-order valence-electron chi connectivity index (χ4n) is 4.04. The third-order valence-corrected chi connectivity index (χ3v) is 5.75. The van der Waals surface area contributed by atoms with Gasteiger partial charge in [-0.2, -0.15) is 0 Å². The van der Waals surface area contributed by atoms with Crippen molar-refractivity contribution in [1.29, 1.82) is 0 Å². The first-order valence-corrected chi connectivity index (χ1v) is 9.98. The van der Waals surface area contributed by atoms with E-state index in [9.17, 15) is 4.79 Å². The highest BCUT2D eigenvalue weighted by molar-refractivity contribution is 5.68. The highest BCUT2D eigenvalue weighted by atomic mass is 16.6. The van der Waals surface area contributed by atoms with Crippen LogP contribution in [0.4, 0.5) is 4.79 Å². The van der Waals surface area contributed by atoms with E-state index >= 15 is 0 Å². The maximum absolute atomic E-state index is 12.4. The number of carbonyl (C=O) groups is 1. The van der Waals surface area contributed by atoms with Crippen LogP contribution in [0.15, 0.2) is 0 Å². The number of nitrogens with one attached hydrogen (secondary N) is 1. The molecule has 2 aliphatic rings. The topological polar surface area (TPSA) is 44.8 Å². The van der Waals surface area contributed by atoms with Gasteiger partial charge in [-0.1, -0.05) is 6.92 Å². The molecule has 2 heterocycles. The molecule has 2 aliphatic heterocycles. The molecule has 5 heteroatoms. The van der Waals surface area contributed by atoms with E-state index in [1.807, 2.05) is 25.7 Å². The van der Waals surface area contributed by atoms with E-state index in [1.54, 1.807) is 0 Å². The molecule has 0 spiro atoms. The Kier molecular flexibility index (Phi) is 6.77. The molecule has 0 aromatic heterocycles. The minimum absolute atomic E-state index is 0.134. The Morgan fingerprint density at radius 1 is 1.28 bits per heavy atom. The molecule has 0 saturated carbocycles. The van der Waals surface area contributed by atoms with Crippen molar-refractivity contribution in [3.63, 3.8) is 0 Å². The van der Waals surface area contributed by atoms with Crippen molar-refractivity contribution >= 4 is 6.09 Å². The SMILES string of the molecule is CC(NCC1(C)CCCN(C(=O)OC(C)(C)C)C1)C1CCN(C)CC1. The van der Waals surface area contributed by atoms with Crippen LogP contribution in [-0.4, -0.2) is 67.3 Å². The van der Waals surface area contributed by atoms with Crippen molar-refractivity contribution in [3.8, 4) is 0 Å². The predicted molar refractivity (Wildman–Crippen MR) is 103 cm³/mol. The summed E-state index contributed by atoms with van der Waals surface area (Å²) in [6, 6.07) is 0.544. The van der Waals surface area contributed by atoms with Crippen LogP contribution in [-0.2, 0) is 4.74 Å². The number of piperidine rings is 2. The predicted octanol–water partition coefficient (Wildman–Crippen LogP) is 3.34. The maximum atomic E-state index is 12.4. The largest absolute Gasteiger partial charge is 0.444 e. The number of nitrogens with zero attached hydrogens (tertiary/aromatic N) is 2. The number of ether oxygens (including phenoxy) is 1. The Morgan fingerprint density at radius 3 is 2.52 bits per heavy atom. The number of likely N-dealkylation sites (tertiary alicyclic amines) is 2. The maximum Gasteiger partial charge on any atom is 0.410 e. The van der Waals surface area contributed by atoms with Gasteiger partial charge in [0.2, 0.25) is 0 Å². The van der Waals surface area contributed by atoms with Gasteiger partial charge in [0.1, 0.15) is 5.60 Å². The monoisotopic (exact) mass is 353 g/mol. The van der Waals surface area contributed by atoms with E-state index in [0.29, 0.717) is 6.04 Å². The molecular formula is C20H39N3O2. The molecule has 0 aromatic carbocycles. The van der Waals surface area contributed by atoms with Crippen LogP contribution in [0, 0.1) is 11.3 Å². The van der Waals surface area contributed by atoms with Crippen molar-refractivity contribution in [2.45, 2.75) is 71.9 Å². The van der Waals surface area contributed by atoms with Crippen molar-refractivity contribution in [2.75, 3.05) is 39.8 Å². The Balaban J connectivity index is 1.82. The van der Waals surface area contributed by atoms with Crippen LogP contribution in [0.3, 0.4) is 0 Å². The third kappa shape index (κ3) is 6.45. The molecule has 2 saturated heterocycles. The van der Waals surface area contributed by atoms with Gasteiger partial charge in [-0.3, -0.25) is 0 Å². The first-order valence-electron chi connectivity index (χ1n) is 9.98. The zero-order valence-electron chi connectivity index (χ0n) is 17.2. The third-order valence-electron chi connectivity index (χ3n) is 5.75. The van der Waals surface area contributed by atoms with Crippen LogP contribution in [0.2, 0.25) is 0 Å². The second kappa shape index (κ2) is 8.26. The van der Waals surface area contributed by atoms with E-state index in [4.69, 9.17) is 4.74 Å². The highest BCUT2D eigenvalue weighted by Gasteiger charge is 2.35. The molecule has 2 unspecified atom stereocenters. The first-order chi connectivity index (χ1) is 11.6. The zero-order chi connectivity index (χ0) is 18.7. The number of hydrogen-bond donors (Lipinski definition) is 1. The van der Waals surface area contributed by atoms with Gasteiger partial charge in [-0.25, -0.2) is 4.79 Å². The molecule has 5 nitrogen and oxygen atoms in total. The van der Waals surface area contributed by atoms with Gasteiger partial charge >= 0.3 is 6.09 Å². The van der Waals surface area contributed by atoms with Crippen LogP contribution >= 0.6 is 0 Å². The molecular weight excluding hydrogens is 314 g/mol. The summed E-state index contributed by atoms with van der Waals surface area (Å²) in [6.07, 6.45) is 4.62. The van der Waals surface area contributed by atoms with E-state index in [-0.39, 0.29) is 11.5 Å². The van der Waals surface area contributed by atoms with Gasteiger partial charge in [-0.05, 0) is 84.8 Å². The van der Waals surface area contributed by atoms with Crippen molar-refractivity contribution in [2.24, 2.45) is 11.3 Å². The summed E-state index contributed by atoms with van der Waals surface area (Å²) in [6.45, 7) is 15.4. The number of rotatable bonds is 4. The normalized spacial score (nSPS) is 28.0. The van der Waals surface area contributed by atoms with E-state index in [2.05, 4.69) is 31.1 Å². The lowest BCUT2D eigenvalue weighted by molar-refractivity contribution is 0.00615. The number of hydrogen-bond acceptors (Lipinski definition) is 4. The summed E-state index contributed by atoms with van der Waals surface area (Å²) in [5, 5.41) is 3.79. The average Bonchev–Trinajstić information content (AvgIpc) is 2.52. The lowest BCUT2D eigenvalue weighted by Gasteiger charge is -2.42.